The minimum atomic E-state index is -0.347. The molecule has 0 spiro atoms. The average Bonchev–Trinajstić information content (AvgIpc) is 2.36. The van der Waals surface area contributed by atoms with Crippen molar-refractivity contribution in [1.29, 1.82) is 0 Å². The van der Waals surface area contributed by atoms with Crippen molar-refractivity contribution >= 4 is 0 Å². The predicted octanol–water partition coefficient (Wildman–Crippen LogP) is 2.96. The third-order valence-electron chi connectivity index (χ3n) is 2.82. The van der Waals surface area contributed by atoms with Crippen LogP contribution in [0.1, 0.15) is 25.3 Å². The van der Waals surface area contributed by atoms with Gasteiger partial charge in [-0.25, -0.2) is 0 Å². The fraction of sp³-hybridized carbons (Fsp3) is 0.467. The van der Waals surface area contributed by atoms with E-state index >= 15 is 0 Å². The van der Waals surface area contributed by atoms with Gasteiger partial charge in [-0.1, -0.05) is 11.6 Å². The van der Waals surface area contributed by atoms with E-state index in [-0.39, 0.29) is 6.10 Å². The summed E-state index contributed by atoms with van der Waals surface area (Å²) in [4.78, 5) is 0. The fourth-order valence-corrected chi connectivity index (χ4v) is 1.79. The minimum absolute atomic E-state index is 0.347. The number of aliphatic hydroxyl groups excluding tert-OH is 1. The predicted molar refractivity (Wildman–Crippen MR) is 73.3 cm³/mol. The average molecular weight is 250 g/mol. The molecule has 1 rings (SSSR count). The Kier molecular flexibility index (Phi) is 5.72. The van der Waals surface area contributed by atoms with Gasteiger partial charge in [0.25, 0.3) is 0 Å². The summed E-state index contributed by atoms with van der Waals surface area (Å²) in [5.74, 6) is 1.40. The third kappa shape index (κ3) is 4.41. The van der Waals surface area contributed by atoms with Crippen LogP contribution >= 0.6 is 0 Å². The highest BCUT2D eigenvalue weighted by Gasteiger charge is 2.09. The number of rotatable bonds is 7. The van der Waals surface area contributed by atoms with Gasteiger partial charge in [0.05, 0.1) is 20.3 Å². The molecule has 0 aliphatic rings. The lowest BCUT2D eigenvalue weighted by Crippen LogP contribution is -2.10. The molecule has 3 nitrogen and oxygen atoms in total. The van der Waals surface area contributed by atoms with Crippen molar-refractivity contribution in [2.24, 2.45) is 0 Å². The lowest BCUT2D eigenvalue weighted by atomic mass is 10.0. The summed E-state index contributed by atoms with van der Waals surface area (Å²) in [5, 5.41) is 9.93. The summed E-state index contributed by atoms with van der Waals surface area (Å²) in [6.45, 7) is 5.81. The molecule has 0 saturated heterocycles. The van der Waals surface area contributed by atoms with Gasteiger partial charge in [0, 0.05) is 0 Å². The Hall–Kier alpha value is -1.48. The highest BCUT2D eigenvalue weighted by molar-refractivity contribution is 5.43. The zero-order valence-corrected chi connectivity index (χ0v) is 11.4. The van der Waals surface area contributed by atoms with E-state index in [0.717, 1.165) is 24.0 Å². The Morgan fingerprint density at radius 2 is 1.94 bits per heavy atom. The summed E-state index contributed by atoms with van der Waals surface area (Å²) in [6, 6.07) is 5.72. The number of hydrogen-bond acceptors (Lipinski definition) is 3. The first-order valence-corrected chi connectivity index (χ1v) is 6.10. The van der Waals surface area contributed by atoms with Crippen molar-refractivity contribution < 1.29 is 14.6 Å². The van der Waals surface area contributed by atoms with Gasteiger partial charge < -0.3 is 14.6 Å². The smallest absolute Gasteiger partial charge is 0.160 e. The van der Waals surface area contributed by atoms with Crippen molar-refractivity contribution in [3.8, 4) is 11.5 Å². The first-order valence-electron chi connectivity index (χ1n) is 6.10. The molecular formula is C15H22O3. The van der Waals surface area contributed by atoms with Crippen LogP contribution in [0.3, 0.4) is 0 Å². The maximum atomic E-state index is 9.93. The summed E-state index contributed by atoms with van der Waals surface area (Å²) in [5.41, 5.74) is 2.14. The molecule has 0 radical (unpaired) electrons. The molecule has 1 aromatic carbocycles. The van der Waals surface area contributed by atoms with Crippen LogP contribution in [0.5, 0.6) is 11.5 Å². The van der Waals surface area contributed by atoms with Crippen LogP contribution in [-0.4, -0.2) is 25.4 Å². The van der Waals surface area contributed by atoms with Crippen LogP contribution in [0.2, 0.25) is 0 Å². The lowest BCUT2D eigenvalue weighted by Gasteiger charge is -2.13. The van der Waals surface area contributed by atoms with Crippen LogP contribution in [-0.2, 0) is 6.42 Å². The molecule has 1 N–H and O–H groups in total. The van der Waals surface area contributed by atoms with Crippen LogP contribution in [0, 0.1) is 0 Å². The van der Waals surface area contributed by atoms with Gasteiger partial charge in [0.15, 0.2) is 11.5 Å². The zero-order valence-electron chi connectivity index (χ0n) is 11.4. The summed E-state index contributed by atoms with van der Waals surface area (Å²) in [6.07, 6.45) is 1.87. The largest absolute Gasteiger partial charge is 0.493 e. The topological polar surface area (TPSA) is 38.7 Å². The second kappa shape index (κ2) is 7.07. The first kappa shape index (κ1) is 14.6. The van der Waals surface area contributed by atoms with Gasteiger partial charge in [0.2, 0.25) is 0 Å². The molecular weight excluding hydrogens is 228 g/mol. The van der Waals surface area contributed by atoms with Crippen LogP contribution in [0.15, 0.2) is 30.4 Å². The molecule has 0 amide bonds. The van der Waals surface area contributed by atoms with Gasteiger partial charge in [-0.2, -0.15) is 0 Å². The lowest BCUT2D eigenvalue weighted by molar-refractivity contribution is 0.165. The van der Waals surface area contributed by atoms with Gasteiger partial charge in [-0.3, -0.25) is 0 Å². The molecule has 1 unspecified atom stereocenters. The molecule has 1 atom stereocenters. The normalized spacial score (nSPS) is 12.0. The first-order chi connectivity index (χ1) is 8.56. The van der Waals surface area contributed by atoms with Crippen LogP contribution in [0.4, 0.5) is 0 Å². The molecule has 0 saturated carbocycles. The Morgan fingerprint density at radius 1 is 1.28 bits per heavy atom. The van der Waals surface area contributed by atoms with E-state index in [1.165, 1.54) is 0 Å². The standard InChI is InChI=1S/C15H22O3/c1-11(2)5-7-13(16)9-12-6-8-14(17-3)15(10-12)18-4/h6,8,10,13,16H,1,5,7,9H2,2-4H3. The van der Waals surface area contributed by atoms with Gasteiger partial charge in [0.1, 0.15) is 0 Å². The van der Waals surface area contributed by atoms with Crippen molar-refractivity contribution in [3.05, 3.63) is 35.9 Å². The van der Waals surface area contributed by atoms with E-state index < -0.39 is 0 Å². The maximum absolute atomic E-state index is 9.93. The van der Waals surface area contributed by atoms with Crippen molar-refractivity contribution in [2.45, 2.75) is 32.3 Å². The molecule has 18 heavy (non-hydrogen) atoms. The highest BCUT2D eigenvalue weighted by atomic mass is 16.5. The summed E-state index contributed by atoms with van der Waals surface area (Å²) >= 11 is 0. The van der Waals surface area contributed by atoms with Gasteiger partial charge in [-0.15, -0.1) is 6.58 Å². The second-order valence-corrected chi connectivity index (χ2v) is 4.54. The second-order valence-electron chi connectivity index (χ2n) is 4.54. The Morgan fingerprint density at radius 3 is 2.50 bits per heavy atom. The van der Waals surface area contributed by atoms with Crippen LogP contribution < -0.4 is 9.47 Å². The van der Waals surface area contributed by atoms with Crippen LogP contribution in [0.25, 0.3) is 0 Å². The molecule has 0 aliphatic heterocycles. The van der Waals surface area contributed by atoms with Crippen molar-refractivity contribution in [2.75, 3.05) is 14.2 Å². The van der Waals surface area contributed by atoms with E-state index in [0.29, 0.717) is 17.9 Å². The summed E-state index contributed by atoms with van der Waals surface area (Å²) in [7, 11) is 3.22. The number of aliphatic hydroxyl groups is 1. The monoisotopic (exact) mass is 250 g/mol. The third-order valence-corrected chi connectivity index (χ3v) is 2.82. The van der Waals surface area contributed by atoms with Gasteiger partial charge in [-0.05, 0) is 43.9 Å². The van der Waals surface area contributed by atoms with E-state index in [9.17, 15) is 5.11 Å². The quantitative estimate of drug-likeness (QED) is 0.756. The molecule has 0 aliphatic carbocycles. The number of methoxy groups -OCH3 is 2. The Balaban J connectivity index is 2.64. The van der Waals surface area contributed by atoms with Crippen molar-refractivity contribution in [1.82, 2.24) is 0 Å². The van der Waals surface area contributed by atoms with E-state index in [4.69, 9.17) is 9.47 Å². The molecule has 100 valence electrons. The Bertz CT molecular complexity index is 399. The Labute approximate surface area is 109 Å². The molecule has 0 heterocycles. The fourth-order valence-electron chi connectivity index (χ4n) is 1.79. The van der Waals surface area contributed by atoms with E-state index in [1.807, 2.05) is 25.1 Å². The van der Waals surface area contributed by atoms with E-state index in [2.05, 4.69) is 6.58 Å². The number of ether oxygens (including phenoxy) is 2. The molecule has 3 heteroatoms. The molecule has 1 aromatic rings. The number of allylic oxidation sites excluding steroid dienone is 1. The highest BCUT2D eigenvalue weighted by Crippen LogP contribution is 2.28. The zero-order chi connectivity index (χ0) is 13.5. The van der Waals surface area contributed by atoms with Crippen molar-refractivity contribution in [3.63, 3.8) is 0 Å². The minimum Gasteiger partial charge on any atom is -0.493 e. The number of hydrogen-bond donors (Lipinski definition) is 1. The van der Waals surface area contributed by atoms with E-state index in [1.54, 1.807) is 14.2 Å². The van der Waals surface area contributed by atoms with Gasteiger partial charge >= 0.3 is 0 Å². The number of benzene rings is 1. The maximum Gasteiger partial charge on any atom is 0.160 e. The molecule has 0 aromatic heterocycles. The molecule has 0 bridgehead atoms. The SMILES string of the molecule is C=C(C)CCC(O)Cc1ccc(OC)c(OC)c1. The molecule has 0 fully saturated rings. The summed E-state index contributed by atoms with van der Waals surface area (Å²) < 4.78 is 10.4.